The lowest BCUT2D eigenvalue weighted by atomic mass is 9.59. The normalized spacial score (nSPS) is 35.9. The molecule has 0 N–H and O–H groups in total. The third-order valence-electron chi connectivity index (χ3n) is 3.07. The molecular formula is C10H17N. The Kier molecular flexibility index (Phi) is 2.54. The van der Waals surface area contributed by atoms with Crippen LogP contribution in [0.3, 0.4) is 0 Å². The fourth-order valence-electron chi connectivity index (χ4n) is 2.28. The van der Waals surface area contributed by atoms with Gasteiger partial charge in [0.15, 0.2) is 0 Å². The highest BCUT2D eigenvalue weighted by molar-refractivity contribution is 5.01. The smallest absolute Gasteiger partial charge is 0.0656 e. The minimum Gasteiger partial charge on any atom is -0.198 e. The molecule has 1 rings (SSSR count). The van der Waals surface area contributed by atoms with Crippen molar-refractivity contribution in [3.8, 4) is 6.07 Å². The first-order valence-corrected chi connectivity index (χ1v) is 4.66. The van der Waals surface area contributed by atoms with Crippen LogP contribution < -0.4 is 0 Å². The van der Waals surface area contributed by atoms with Gasteiger partial charge in [0.25, 0.3) is 0 Å². The Morgan fingerprint density at radius 2 is 2.09 bits per heavy atom. The summed E-state index contributed by atoms with van der Waals surface area (Å²) in [4.78, 5) is 0. The molecule has 0 aromatic heterocycles. The molecule has 11 heavy (non-hydrogen) atoms. The van der Waals surface area contributed by atoms with Crippen molar-refractivity contribution in [3.63, 3.8) is 0 Å². The average molecular weight is 151 g/mol. The molecule has 62 valence electrons. The molecule has 0 spiro atoms. The van der Waals surface area contributed by atoms with E-state index in [4.69, 9.17) is 5.26 Å². The summed E-state index contributed by atoms with van der Waals surface area (Å²) in [5.74, 6) is 0.376. The van der Waals surface area contributed by atoms with Gasteiger partial charge in [-0.15, -0.1) is 0 Å². The molecule has 0 aromatic rings. The summed E-state index contributed by atoms with van der Waals surface area (Å²) in [5.41, 5.74) is 0.565. The lowest BCUT2D eigenvalue weighted by molar-refractivity contribution is 0.0702. The molecule has 1 saturated carbocycles. The van der Waals surface area contributed by atoms with Gasteiger partial charge in [0.1, 0.15) is 0 Å². The largest absolute Gasteiger partial charge is 0.198 e. The highest BCUT2D eigenvalue weighted by Crippen LogP contribution is 2.50. The number of nitriles is 1. The second-order valence-corrected chi connectivity index (χ2v) is 3.84. The Morgan fingerprint density at radius 3 is 2.45 bits per heavy atom. The van der Waals surface area contributed by atoms with Gasteiger partial charge in [0.2, 0.25) is 0 Å². The highest BCUT2D eigenvalue weighted by atomic mass is 14.5. The van der Waals surface area contributed by atoms with Gasteiger partial charge in [0, 0.05) is 5.92 Å². The summed E-state index contributed by atoms with van der Waals surface area (Å²) in [6, 6.07) is 2.35. The average Bonchev–Trinajstić information content (AvgIpc) is 1.96. The van der Waals surface area contributed by atoms with Crippen LogP contribution in [0.2, 0.25) is 0 Å². The molecule has 1 aliphatic rings. The van der Waals surface area contributed by atoms with E-state index in [1.807, 2.05) is 0 Å². The van der Waals surface area contributed by atoms with Crippen molar-refractivity contribution < 1.29 is 0 Å². The standard InChI is InChI=1S/C10H17N/c1-3-5-10(4-2)6-9(7-10)8-11/h9H,3-7H2,1-2H3/t9-,10-. The minimum atomic E-state index is 0.376. The summed E-state index contributed by atoms with van der Waals surface area (Å²) >= 11 is 0. The molecule has 1 aliphatic carbocycles. The van der Waals surface area contributed by atoms with Gasteiger partial charge in [0.05, 0.1) is 6.07 Å². The quantitative estimate of drug-likeness (QED) is 0.608. The summed E-state index contributed by atoms with van der Waals surface area (Å²) in [6.45, 7) is 4.49. The summed E-state index contributed by atoms with van der Waals surface area (Å²) in [6.07, 6.45) is 6.17. The predicted octanol–water partition coefficient (Wildman–Crippen LogP) is 3.12. The molecule has 0 aromatic carbocycles. The monoisotopic (exact) mass is 151 g/mol. The Bertz CT molecular complexity index is 160. The lowest BCUT2D eigenvalue weighted by Gasteiger charge is -2.44. The molecule has 1 nitrogen and oxygen atoms in total. The van der Waals surface area contributed by atoms with Gasteiger partial charge in [-0.1, -0.05) is 26.7 Å². The topological polar surface area (TPSA) is 23.8 Å². The second-order valence-electron chi connectivity index (χ2n) is 3.84. The van der Waals surface area contributed by atoms with Gasteiger partial charge in [-0.2, -0.15) is 5.26 Å². The first kappa shape index (κ1) is 8.59. The molecule has 0 aliphatic heterocycles. The maximum Gasteiger partial charge on any atom is 0.0656 e. The second kappa shape index (κ2) is 3.26. The van der Waals surface area contributed by atoms with Crippen molar-refractivity contribution >= 4 is 0 Å². The lowest BCUT2D eigenvalue weighted by Crippen LogP contribution is -2.35. The Balaban J connectivity index is 2.38. The maximum absolute atomic E-state index is 8.63. The number of rotatable bonds is 3. The predicted molar refractivity (Wildman–Crippen MR) is 46.0 cm³/mol. The van der Waals surface area contributed by atoms with Crippen LogP contribution in [-0.2, 0) is 0 Å². The molecule has 0 saturated heterocycles. The highest BCUT2D eigenvalue weighted by Gasteiger charge is 2.41. The fourth-order valence-corrected chi connectivity index (χ4v) is 2.28. The molecule has 1 heteroatoms. The summed E-state index contributed by atoms with van der Waals surface area (Å²) in [5, 5.41) is 8.63. The maximum atomic E-state index is 8.63. The Labute approximate surface area is 69.4 Å². The van der Waals surface area contributed by atoms with E-state index in [0.29, 0.717) is 11.3 Å². The van der Waals surface area contributed by atoms with Gasteiger partial charge >= 0.3 is 0 Å². The Hall–Kier alpha value is -0.510. The van der Waals surface area contributed by atoms with Crippen LogP contribution in [0.15, 0.2) is 0 Å². The SMILES string of the molecule is CCC[C@]1(CC)C[C@@H](C#N)C1. The van der Waals surface area contributed by atoms with E-state index < -0.39 is 0 Å². The van der Waals surface area contributed by atoms with Gasteiger partial charge < -0.3 is 0 Å². The number of hydrogen-bond acceptors (Lipinski definition) is 1. The molecule has 0 bridgehead atoms. The Morgan fingerprint density at radius 1 is 1.45 bits per heavy atom. The number of nitrogens with zero attached hydrogens (tertiary/aromatic N) is 1. The van der Waals surface area contributed by atoms with E-state index in [0.717, 1.165) is 12.8 Å². The van der Waals surface area contributed by atoms with Crippen LogP contribution in [0, 0.1) is 22.7 Å². The number of hydrogen-bond donors (Lipinski definition) is 0. The molecule has 0 heterocycles. The zero-order valence-electron chi connectivity index (χ0n) is 7.56. The van der Waals surface area contributed by atoms with E-state index >= 15 is 0 Å². The van der Waals surface area contributed by atoms with E-state index in [1.54, 1.807) is 0 Å². The first-order valence-electron chi connectivity index (χ1n) is 4.66. The molecule has 0 atom stereocenters. The van der Waals surface area contributed by atoms with E-state index in [2.05, 4.69) is 19.9 Å². The molecular weight excluding hydrogens is 134 g/mol. The van der Waals surface area contributed by atoms with Crippen molar-refractivity contribution in [2.45, 2.75) is 46.0 Å². The van der Waals surface area contributed by atoms with Crippen LogP contribution in [0.5, 0.6) is 0 Å². The first-order chi connectivity index (χ1) is 5.26. The van der Waals surface area contributed by atoms with E-state index in [1.165, 1.54) is 19.3 Å². The van der Waals surface area contributed by atoms with Crippen LogP contribution in [-0.4, -0.2) is 0 Å². The van der Waals surface area contributed by atoms with Crippen LogP contribution in [0.25, 0.3) is 0 Å². The molecule has 1 fully saturated rings. The third-order valence-corrected chi connectivity index (χ3v) is 3.07. The van der Waals surface area contributed by atoms with Crippen LogP contribution in [0.4, 0.5) is 0 Å². The molecule has 0 amide bonds. The zero-order valence-corrected chi connectivity index (χ0v) is 7.56. The fraction of sp³-hybridized carbons (Fsp3) is 0.900. The zero-order chi connectivity index (χ0) is 8.32. The third kappa shape index (κ3) is 1.56. The van der Waals surface area contributed by atoms with Crippen LogP contribution >= 0.6 is 0 Å². The van der Waals surface area contributed by atoms with Crippen molar-refractivity contribution in [1.82, 2.24) is 0 Å². The summed E-state index contributed by atoms with van der Waals surface area (Å²) in [7, 11) is 0. The van der Waals surface area contributed by atoms with E-state index in [9.17, 15) is 0 Å². The van der Waals surface area contributed by atoms with Gasteiger partial charge in [-0.25, -0.2) is 0 Å². The van der Waals surface area contributed by atoms with Crippen molar-refractivity contribution in [2.75, 3.05) is 0 Å². The molecule has 0 unspecified atom stereocenters. The summed E-state index contributed by atoms with van der Waals surface area (Å²) < 4.78 is 0. The van der Waals surface area contributed by atoms with Crippen molar-refractivity contribution in [3.05, 3.63) is 0 Å². The molecule has 0 radical (unpaired) electrons. The van der Waals surface area contributed by atoms with Gasteiger partial charge in [-0.3, -0.25) is 0 Å². The minimum absolute atomic E-state index is 0.376. The van der Waals surface area contributed by atoms with Crippen molar-refractivity contribution in [2.24, 2.45) is 11.3 Å². The van der Waals surface area contributed by atoms with Gasteiger partial charge in [-0.05, 0) is 24.7 Å². The van der Waals surface area contributed by atoms with Crippen molar-refractivity contribution in [1.29, 1.82) is 5.26 Å². The van der Waals surface area contributed by atoms with E-state index in [-0.39, 0.29) is 0 Å². The van der Waals surface area contributed by atoms with Crippen LogP contribution in [0.1, 0.15) is 46.0 Å².